The number of hydrogen-bond acceptors (Lipinski definition) is 4. The van der Waals surface area contributed by atoms with Gasteiger partial charge in [0.25, 0.3) is 5.91 Å². The molecule has 0 atom stereocenters. The van der Waals surface area contributed by atoms with Crippen LogP contribution in [0.25, 0.3) is 0 Å². The van der Waals surface area contributed by atoms with Crippen LogP contribution in [0.2, 0.25) is 0 Å². The highest BCUT2D eigenvalue weighted by Gasteiger charge is 2.48. The first-order valence-electron chi connectivity index (χ1n) is 7.67. The molecule has 3 rings (SSSR count). The number of nitrogen functional groups attached to an aromatic ring is 1. The van der Waals surface area contributed by atoms with Gasteiger partial charge in [0, 0.05) is 23.5 Å². The van der Waals surface area contributed by atoms with Gasteiger partial charge in [-0.05, 0) is 47.0 Å². The molecule has 2 aliphatic heterocycles. The maximum atomic E-state index is 12.9. The van der Waals surface area contributed by atoms with Crippen molar-refractivity contribution in [3.63, 3.8) is 0 Å². The Hall–Kier alpha value is -1.07. The summed E-state index contributed by atoms with van der Waals surface area (Å²) in [5.74, 6) is 0.0825. The maximum absolute atomic E-state index is 12.9. The van der Waals surface area contributed by atoms with E-state index in [2.05, 4.69) is 0 Å². The van der Waals surface area contributed by atoms with Crippen LogP contribution in [0.4, 0.5) is 5.00 Å². The molecule has 5 heteroatoms. The smallest absolute Gasteiger partial charge is 0.257 e. The minimum Gasteiger partial charge on any atom is -0.390 e. The van der Waals surface area contributed by atoms with E-state index in [1.807, 2.05) is 32.6 Å². The summed E-state index contributed by atoms with van der Waals surface area (Å²) in [6.45, 7) is 9.83. The zero-order valence-electron chi connectivity index (χ0n) is 13.3. The highest BCUT2D eigenvalue weighted by molar-refractivity contribution is 7.16. The second-order valence-electron chi connectivity index (χ2n) is 7.02. The van der Waals surface area contributed by atoms with Crippen molar-refractivity contribution in [3.8, 4) is 0 Å². The van der Waals surface area contributed by atoms with Gasteiger partial charge in [0.1, 0.15) is 0 Å². The van der Waals surface area contributed by atoms with Crippen LogP contribution in [0, 0.1) is 0 Å². The normalized spacial score (nSPS) is 23.1. The molecule has 0 radical (unpaired) electrons. The number of thiophene rings is 1. The molecule has 0 aliphatic carbocycles. The van der Waals surface area contributed by atoms with Crippen LogP contribution in [0.15, 0.2) is 0 Å². The number of piperidine rings is 1. The number of hydrogen-bond donors (Lipinski definition) is 1. The lowest BCUT2D eigenvalue weighted by atomic mass is 9.93. The fraction of sp³-hybridized carbons (Fsp3) is 0.688. The first kappa shape index (κ1) is 14.9. The maximum Gasteiger partial charge on any atom is 0.257 e. The van der Waals surface area contributed by atoms with E-state index in [1.165, 1.54) is 17.8 Å². The molecule has 1 aromatic rings. The summed E-state index contributed by atoms with van der Waals surface area (Å²) in [5.41, 5.74) is 7.07. The lowest BCUT2D eigenvalue weighted by molar-refractivity contribution is -0.104. The van der Waals surface area contributed by atoms with E-state index in [0.29, 0.717) is 10.6 Å². The molecular formula is C16H24N2O2S. The molecule has 1 saturated heterocycles. The van der Waals surface area contributed by atoms with Crippen molar-refractivity contribution in [3.05, 3.63) is 16.0 Å². The van der Waals surface area contributed by atoms with Crippen LogP contribution in [0.3, 0.4) is 0 Å². The van der Waals surface area contributed by atoms with Crippen molar-refractivity contribution in [2.45, 2.75) is 58.2 Å². The Balaban J connectivity index is 2.06. The zero-order valence-corrected chi connectivity index (χ0v) is 14.1. The number of fused-ring (bicyclic) bond motifs is 1. The third-order valence-electron chi connectivity index (χ3n) is 4.45. The summed E-state index contributed by atoms with van der Waals surface area (Å²) in [6, 6.07) is 0. The topological polar surface area (TPSA) is 55.6 Å². The number of anilines is 1. The Morgan fingerprint density at radius 2 is 1.76 bits per heavy atom. The first-order valence-corrected chi connectivity index (χ1v) is 8.48. The lowest BCUT2D eigenvalue weighted by Crippen LogP contribution is -2.37. The summed E-state index contributed by atoms with van der Waals surface area (Å²) in [6.07, 6.45) is 3.38. The molecule has 21 heavy (non-hydrogen) atoms. The van der Waals surface area contributed by atoms with Crippen molar-refractivity contribution in [1.29, 1.82) is 0 Å². The molecule has 0 aromatic carbocycles. The molecule has 0 bridgehead atoms. The van der Waals surface area contributed by atoms with Gasteiger partial charge in [0.05, 0.1) is 21.8 Å². The summed E-state index contributed by atoms with van der Waals surface area (Å²) in [4.78, 5) is 16.0. The van der Waals surface area contributed by atoms with Gasteiger partial charge in [-0.3, -0.25) is 4.79 Å². The number of carbonyl (C=O) groups is 1. The predicted octanol–water partition coefficient (Wildman–Crippen LogP) is 3.46. The molecule has 0 spiro atoms. The van der Waals surface area contributed by atoms with Crippen LogP contribution < -0.4 is 5.73 Å². The Kier molecular flexibility index (Phi) is 3.33. The van der Waals surface area contributed by atoms with Gasteiger partial charge in [0.2, 0.25) is 0 Å². The van der Waals surface area contributed by atoms with E-state index in [9.17, 15) is 4.79 Å². The molecule has 0 saturated carbocycles. The Morgan fingerprint density at radius 1 is 1.14 bits per heavy atom. The van der Waals surface area contributed by atoms with Crippen LogP contribution in [0.5, 0.6) is 0 Å². The zero-order chi connectivity index (χ0) is 15.4. The molecule has 1 fully saturated rings. The largest absolute Gasteiger partial charge is 0.390 e. The van der Waals surface area contributed by atoms with Gasteiger partial charge in [-0.1, -0.05) is 0 Å². The van der Waals surface area contributed by atoms with E-state index in [0.717, 1.165) is 36.4 Å². The molecule has 2 aliphatic rings. The minimum absolute atomic E-state index is 0.0825. The SMILES string of the molecule is CC1(C)OC(C)(C)c2c1sc(N)c2C(=O)N1CCCCC1. The molecule has 4 nitrogen and oxygen atoms in total. The summed E-state index contributed by atoms with van der Waals surface area (Å²) < 4.78 is 6.16. The standard InChI is InChI=1S/C16H24N2O2S/c1-15(2)11-10(14(19)18-8-6-5-7-9-18)13(17)21-12(11)16(3,4)20-15/h5-9,17H2,1-4H3. The van der Waals surface area contributed by atoms with Gasteiger partial charge in [-0.15, -0.1) is 11.3 Å². The number of ether oxygens (including phenoxy) is 1. The fourth-order valence-electron chi connectivity index (χ4n) is 3.65. The predicted molar refractivity (Wildman–Crippen MR) is 85.6 cm³/mol. The second-order valence-corrected chi connectivity index (χ2v) is 8.07. The number of rotatable bonds is 1. The first-order chi connectivity index (χ1) is 9.74. The lowest BCUT2D eigenvalue weighted by Gasteiger charge is -2.29. The van der Waals surface area contributed by atoms with Gasteiger partial charge >= 0.3 is 0 Å². The molecule has 1 amide bonds. The van der Waals surface area contributed by atoms with Crippen LogP contribution >= 0.6 is 11.3 Å². The summed E-state index contributed by atoms with van der Waals surface area (Å²) >= 11 is 1.51. The molecular weight excluding hydrogens is 284 g/mol. The number of nitrogens with two attached hydrogens (primary N) is 1. The minimum atomic E-state index is -0.465. The van der Waals surface area contributed by atoms with E-state index in [-0.39, 0.29) is 11.5 Å². The van der Waals surface area contributed by atoms with Gasteiger partial charge in [-0.2, -0.15) is 0 Å². The van der Waals surface area contributed by atoms with Crippen LogP contribution in [-0.4, -0.2) is 23.9 Å². The third kappa shape index (κ3) is 2.27. The Labute approximate surface area is 130 Å². The van der Waals surface area contributed by atoms with Crippen molar-refractivity contribution in [1.82, 2.24) is 4.90 Å². The average molecular weight is 308 g/mol. The van der Waals surface area contributed by atoms with E-state index in [4.69, 9.17) is 10.5 Å². The quantitative estimate of drug-likeness (QED) is 0.864. The van der Waals surface area contributed by atoms with Crippen molar-refractivity contribution in [2.24, 2.45) is 0 Å². The number of amides is 1. The van der Waals surface area contributed by atoms with Crippen LogP contribution in [0.1, 0.15) is 67.8 Å². The number of likely N-dealkylation sites (tertiary alicyclic amines) is 1. The molecule has 2 N–H and O–H groups in total. The Morgan fingerprint density at radius 3 is 2.38 bits per heavy atom. The Bertz CT molecular complexity index is 583. The molecule has 1 aromatic heterocycles. The highest BCUT2D eigenvalue weighted by Crippen LogP contribution is 2.53. The average Bonchev–Trinajstić information content (AvgIpc) is 2.84. The molecule has 116 valence electrons. The van der Waals surface area contributed by atoms with Crippen molar-refractivity contribution in [2.75, 3.05) is 18.8 Å². The second kappa shape index (κ2) is 4.71. The monoisotopic (exact) mass is 308 g/mol. The number of nitrogens with zero attached hydrogens (tertiary/aromatic N) is 1. The van der Waals surface area contributed by atoms with Crippen LogP contribution in [-0.2, 0) is 15.9 Å². The van der Waals surface area contributed by atoms with E-state index in [1.54, 1.807) is 0 Å². The summed E-state index contributed by atoms with van der Waals surface area (Å²) in [5, 5.41) is 0.639. The number of carbonyl (C=O) groups excluding carboxylic acids is 1. The molecule has 0 unspecified atom stereocenters. The van der Waals surface area contributed by atoms with Gasteiger partial charge in [0.15, 0.2) is 0 Å². The van der Waals surface area contributed by atoms with E-state index < -0.39 is 5.60 Å². The van der Waals surface area contributed by atoms with Crippen molar-refractivity contribution < 1.29 is 9.53 Å². The molecule has 3 heterocycles. The van der Waals surface area contributed by atoms with Gasteiger partial charge < -0.3 is 15.4 Å². The fourth-order valence-corrected chi connectivity index (χ4v) is 4.90. The highest BCUT2D eigenvalue weighted by atomic mass is 32.1. The summed E-state index contributed by atoms with van der Waals surface area (Å²) in [7, 11) is 0. The third-order valence-corrected chi connectivity index (χ3v) is 5.78. The van der Waals surface area contributed by atoms with E-state index >= 15 is 0 Å². The van der Waals surface area contributed by atoms with Gasteiger partial charge in [-0.25, -0.2) is 0 Å². The van der Waals surface area contributed by atoms with Crippen molar-refractivity contribution >= 4 is 22.2 Å².